The molecule has 1 saturated heterocycles. The highest BCUT2D eigenvalue weighted by Gasteiger charge is 2.35. The summed E-state index contributed by atoms with van der Waals surface area (Å²) in [5.74, 6) is -0.746. The van der Waals surface area contributed by atoms with Crippen molar-refractivity contribution in [2.75, 3.05) is 47.6 Å². The number of nitrogen functional groups attached to an aromatic ring is 1. The highest BCUT2D eigenvalue weighted by Crippen LogP contribution is 2.37. The van der Waals surface area contributed by atoms with Crippen LogP contribution in [0, 0.1) is 0 Å². The number of halogens is 2. The molecule has 2 aliphatic rings. The lowest BCUT2D eigenvalue weighted by molar-refractivity contribution is -0.123. The van der Waals surface area contributed by atoms with E-state index in [1.54, 1.807) is 12.1 Å². The SMILES string of the molecule is Nc1nc(N2CCOCC2)nc2c1[C@H](C(=O)Nc1ccc(Cl)c(Cl)c1)CC(=O)N2. The van der Waals surface area contributed by atoms with Gasteiger partial charge in [0.1, 0.15) is 11.6 Å². The minimum Gasteiger partial charge on any atom is -0.383 e. The van der Waals surface area contributed by atoms with Gasteiger partial charge in [-0.25, -0.2) is 0 Å². The number of morpholine rings is 1. The van der Waals surface area contributed by atoms with E-state index >= 15 is 0 Å². The number of hydrogen-bond donors (Lipinski definition) is 3. The monoisotopic (exact) mass is 436 g/mol. The van der Waals surface area contributed by atoms with E-state index in [0.29, 0.717) is 53.5 Å². The van der Waals surface area contributed by atoms with Crippen molar-refractivity contribution in [3.8, 4) is 0 Å². The summed E-state index contributed by atoms with van der Waals surface area (Å²) >= 11 is 11.9. The van der Waals surface area contributed by atoms with Crippen LogP contribution in [-0.2, 0) is 14.3 Å². The molecule has 4 N–H and O–H groups in total. The number of hydrogen-bond acceptors (Lipinski definition) is 7. The van der Waals surface area contributed by atoms with Crippen molar-refractivity contribution in [3.63, 3.8) is 0 Å². The Balaban J connectivity index is 1.63. The third-order valence-corrected chi connectivity index (χ3v) is 5.50. The van der Waals surface area contributed by atoms with Crippen LogP contribution in [0.15, 0.2) is 18.2 Å². The Labute approximate surface area is 176 Å². The first-order valence-electron chi connectivity index (χ1n) is 8.98. The van der Waals surface area contributed by atoms with Crippen LogP contribution in [0.2, 0.25) is 10.0 Å². The fourth-order valence-electron chi connectivity index (χ4n) is 3.32. The standard InChI is InChI=1S/C18H18Cl2N6O3/c19-11-2-1-9(7-12(11)20)22-17(28)10-8-13(27)23-16-14(10)15(21)24-18(25-16)26-3-5-29-6-4-26/h1-2,7,10H,3-6,8H2,(H,22,28)(H3,21,23,24,25,27)/t10-/m1/s1. The minimum absolute atomic E-state index is 0.0649. The zero-order valence-electron chi connectivity index (χ0n) is 15.2. The molecule has 2 amide bonds. The molecular formula is C18H18Cl2N6O3. The number of rotatable bonds is 3. The minimum atomic E-state index is -0.827. The fraction of sp³-hybridized carbons (Fsp3) is 0.333. The zero-order chi connectivity index (χ0) is 20.5. The lowest BCUT2D eigenvalue weighted by Gasteiger charge is -2.30. The molecule has 1 aromatic heterocycles. The average Bonchev–Trinajstić information content (AvgIpc) is 2.70. The van der Waals surface area contributed by atoms with E-state index in [9.17, 15) is 9.59 Å². The highest BCUT2D eigenvalue weighted by atomic mass is 35.5. The Kier molecular flexibility index (Phi) is 5.44. The Hall–Kier alpha value is -2.62. The van der Waals surface area contributed by atoms with Gasteiger partial charge in [0.25, 0.3) is 0 Å². The molecular weight excluding hydrogens is 419 g/mol. The Morgan fingerprint density at radius 2 is 2.00 bits per heavy atom. The van der Waals surface area contributed by atoms with E-state index in [2.05, 4.69) is 20.6 Å². The summed E-state index contributed by atoms with van der Waals surface area (Å²) in [7, 11) is 0. The molecule has 9 nitrogen and oxygen atoms in total. The fourth-order valence-corrected chi connectivity index (χ4v) is 3.61. The first-order chi connectivity index (χ1) is 13.9. The van der Waals surface area contributed by atoms with Gasteiger partial charge in [-0.05, 0) is 18.2 Å². The first kappa shape index (κ1) is 19.7. The normalized spacial score (nSPS) is 18.8. The summed E-state index contributed by atoms with van der Waals surface area (Å²) in [5, 5.41) is 6.13. The van der Waals surface area contributed by atoms with Crippen LogP contribution >= 0.6 is 23.2 Å². The molecule has 0 unspecified atom stereocenters. The second-order valence-corrected chi connectivity index (χ2v) is 7.51. The van der Waals surface area contributed by atoms with E-state index in [1.165, 1.54) is 6.07 Å². The number of nitrogens with two attached hydrogens (primary N) is 1. The van der Waals surface area contributed by atoms with Gasteiger partial charge < -0.3 is 26.0 Å². The van der Waals surface area contributed by atoms with Gasteiger partial charge in [-0.1, -0.05) is 23.2 Å². The molecule has 1 atom stereocenters. The van der Waals surface area contributed by atoms with E-state index in [4.69, 9.17) is 33.7 Å². The molecule has 0 radical (unpaired) electrons. The van der Waals surface area contributed by atoms with E-state index in [1.807, 2.05) is 4.90 Å². The molecule has 2 aromatic rings. The Morgan fingerprint density at radius 3 is 2.72 bits per heavy atom. The lowest BCUT2D eigenvalue weighted by Crippen LogP contribution is -2.38. The van der Waals surface area contributed by atoms with Crippen LogP contribution < -0.4 is 21.3 Å². The largest absolute Gasteiger partial charge is 0.383 e. The van der Waals surface area contributed by atoms with Crippen molar-refractivity contribution in [2.45, 2.75) is 12.3 Å². The summed E-state index contributed by atoms with van der Waals surface area (Å²) in [4.78, 5) is 35.9. The summed E-state index contributed by atoms with van der Waals surface area (Å²) in [6.07, 6.45) is -0.0649. The average molecular weight is 437 g/mol. The number of anilines is 4. The second-order valence-electron chi connectivity index (χ2n) is 6.69. The first-order valence-corrected chi connectivity index (χ1v) is 9.74. The number of carbonyl (C=O) groups excluding carboxylic acids is 2. The summed E-state index contributed by atoms with van der Waals surface area (Å²) < 4.78 is 5.33. The van der Waals surface area contributed by atoms with Crippen molar-refractivity contribution in [1.29, 1.82) is 0 Å². The van der Waals surface area contributed by atoms with Gasteiger partial charge in [0.05, 0.1) is 34.7 Å². The molecule has 1 fully saturated rings. The van der Waals surface area contributed by atoms with E-state index in [0.717, 1.165) is 0 Å². The van der Waals surface area contributed by atoms with Crippen molar-refractivity contribution in [2.24, 2.45) is 0 Å². The molecule has 0 spiro atoms. The predicted molar refractivity (Wildman–Crippen MR) is 111 cm³/mol. The smallest absolute Gasteiger partial charge is 0.232 e. The molecule has 1 aromatic carbocycles. The van der Waals surface area contributed by atoms with Gasteiger partial charge in [0, 0.05) is 25.2 Å². The lowest BCUT2D eigenvalue weighted by atomic mass is 9.92. The molecule has 0 saturated carbocycles. The zero-order valence-corrected chi connectivity index (χ0v) is 16.8. The van der Waals surface area contributed by atoms with Crippen LogP contribution in [-0.4, -0.2) is 48.1 Å². The maximum absolute atomic E-state index is 12.9. The van der Waals surface area contributed by atoms with E-state index < -0.39 is 11.8 Å². The Bertz CT molecular complexity index is 980. The molecule has 11 heteroatoms. The van der Waals surface area contributed by atoms with Crippen LogP contribution in [0.4, 0.5) is 23.3 Å². The number of fused-ring (bicyclic) bond motifs is 1. The predicted octanol–water partition coefficient (Wildman–Crippen LogP) is 2.27. The van der Waals surface area contributed by atoms with E-state index in [-0.39, 0.29) is 24.0 Å². The number of amides is 2. The van der Waals surface area contributed by atoms with Crippen molar-refractivity contribution < 1.29 is 14.3 Å². The molecule has 4 rings (SSSR count). The Morgan fingerprint density at radius 1 is 1.24 bits per heavy atom. The topological polar surface area (TPSA) is 122 Å². The van der Waals surface area contributed by atoms with Crippen LogP contribution in [0.3, 0.4) is 0 Å². The van der Waals surface area contributed by atoms with Crippen LogP contribution in [0.1, 0.15) is 17.9 Å². The summed E-state index contributed by atoms with van der Waals surface area (Å²) in [5.41, 5.74) is 7.04. The van der Waals surface area contributed by atoms with Gasteiger partial charge in [0.2, 0.25) is 17.8 Å². The number of ether oxygens (including phenoxy) is 1. The summed E-state index contributed by atoms with van der Waals surface area (Å²) in [6, 6.07) is 4.73. The molecule has 29 heavy (non-hydrogen) atoms. The number of nitrogens with one attached hydrogen (secondary N) is 2. The van der Waals surface area contributed by atoms with Crippen LogP contribution in [0.25, 0.3) is 0 Å². The molecule has 3 heterocycles. The van der Waals surface area contributed by atoms with Crippen molar-refractivity contribution in [3.05, 3.63) is 33.8 Å². The van der Waals surface area contributed by atoms with Gasteiger partial charge in [0.15, 0.2) is 0 Å². The van der Waals surface area contributed by atoms with Crippen molar-refractivity contribution in [1.82, 2.24) is 9.97 Å². The number of benzene rings is 1. The van der Waals surface area contributed by atoms with Gasteiger partial charge in [-0.15, -0.1) is 0 Å². The highest BCUT2D eigenvalue weighted by molar-refractivity contribution is 6.42. The third kappa shape index (κ3) is 4.07. The molecule has 0 bridgehead atoms. The van der Waals surface area contributed by atoms with Gasteiger partial charge in [-0.2, -0.15) is 9.97 Å². The molecule has 0 aliphatic carbocycles. The maximum atomic E-state index is 12.9. The maximum Gasteiger partial charge on any atom is 0.232 e. The molecule has 2 aliphatic heterocycles. The molecule has 152 valence electrons. The number of carbonyl (C=O) groups is 2. The number of nitrogens with zero attached hydrogens (tertiary/aromatic N) is 3. The quantitative estimate of drug-likeness (QED) is 0.673. The van der Waals surface area contributed by atoms with Crippen LogP contribution in [0.5, 0.6) is 0 Å². The number of aromatic nitrogens is 2. The summed E-state index contributed by atoms with van der Waals surface area (Å²) in [6.45, 7) is 2.35. The van der Waals surface area contributed by atoms with Gasteiger partial charge in [-0.3, -0.25) is 9.59 Å². The third-order valence-electron chi connectivity index (χ3n) is 4.76. The van der Waals surface area contributed by atoms with Crippen molar-refractivity contribution >= 4 is 58.3 Å². The second kappa shape index (κ2) is 8.02. The van der Waals surface area contributed by atoms with Gasteiger partial charge >= 0.3 is 0 Å².